The molecule has 0 aliphatic heterocycles. The largest absolute Gasteiger partial charge is 0.349 e. The summed E-state index contributed by atoms with van der Waals surface area (Å²) in [6.07, 6.45) is 1.73. The first-order valence-electron chi connectivity index (χ1n) is 5.43. The van der Waals surface area contributed by atoms with Gasteiger partial charge in [-0.2, -0.15) is 0 Å². The molecule has 0 aliphatic carbocycles. The summed E-state index contributed by atoms with van der Waals surface area (Å²) < 4.78 is 0. The molecule has 1 N–H and O–H groups in total. The zero-order valence-corrected chi connectivity index (χ0v) is 11.1. The zero-order chi connectivity index (χ0) is 12.3. The fourth-order valence-corrected chi connectivity index (χ4v) is 1.80. The van der Waals surface area contributed by atoms with E-state index in [1.165, 1.54) is 0 Å². The lowest BCUT2D eigenvalue weighted by molar-refractivity contribution is 0.0945. The molecule has 0 saturated heterocycles. The summed E-state index contributed by atoms with van der Waals surface area (Å²) in [4.78, 5) is 16.3. The first kappa shape index (κ1) is 12.0. The Morgan fingerprint density at radius 1 is 1.41 bits per heavy atom. The molecule has 2 aromatic rings. The molecule has 1 unspecified atom stereocenters. The third kappa shape index (κ3) is 2.64. The summed E-state index contributed by atoms with van der Waals surface area (Å²) in [7, 11) is 0. The number of nitrogens with zero attached hydrogens (tertiary/aromatic N) is 1. The number of nitrogens with one attached hydrogen (secondary N) is 1. The average molecular weight is 293 g/mol. The molecule has 1 heterocycles. The highest BCUT2D eigenvalue weighted by atomic mass is 79.9. The SMILES string of the molecule is CC(CBr)NC(=O)c1cccc2ncccc12. The van der Waals surface area contributed by atoms with Gasteiger partial charge in [-0.05, 0) is 25.1 Å². The van der Waals surface area contributed by atoms with E-state index >= 15 is 0 Å². The number of aromatic nitrogens is 1. The van der Waals surface area contributed by atoms with Gasteiger partial charge in [-0.25, -0.2) is 0 Å². The molecule has 2 rings (SSSR count). The molecule has 1 amide bonds. The summed E-state index contributed by atoms with van der Waals surface area (Å²) in [5.74, 6) is -0.0597. The number of amides is 1. The summed E-state index contributed by atoms with van der Waals surface area (Å²) in [5.41, 5.74) is 1.51. The number of carbonyl (C=O) groups excluding carboxylic acids is 1. The van der Waals surface area contributed by atoms with Crippen LogP contribution in [0.15, 0.2) is 36.5 Å². The highest BCUT2D eigenvalue weighted by molar-refractivity contribution is 9.09. The molecule has 88 valence electrons. The van der Waals surface area contributed by atoms with Crippen molar-refractivity contribution in [1.82, 2.24) is 10.3 Å². The Balaban J connectivity index is 2.38. The molecular weight excluding hydrogens is 280 g/mol. The highest BCUT2D eigenvalue weighted by Gasteiger charge is 2.11. The normalized spacial score (nSPS) is 12.4. The molecule has 1 atom stereocenters. The minimum absolute atomic E-state index is 0.0597. The van der Waals surface area contributed by atoms with E-state index in [1.54, 1.807) is 6.20 Å². The first-order valence-corrected chi connectivity index (χ1v) is 6.55. The van der Waals surface area contributed by atoms with E-state index in [1.807, 2.05) is 37.3 Å². The van der Waals surface area contributed by atoms with Gasteiger partial charge in [0.25, 0.3) is 5.91 Å². The van der Waals surface area contributed by atoms with E-state index in [-0.39, 0.29) is 11.9 Å². The van der Waals surface area contributed by atoms with Crippen LogP contribution in [0.5, 0.6) is 0 Å². The minimum atomic E-state index is -0.0597. The van der Waals surface area contributed by atoms with Gasteiger partial charge in [0.15, 0.2) is 0 Å². The van der Waals surface area contributed by atoms with Gasteiger partial charge >= 0.3 is 0 Å². The molecule has 0 saturated carbocycles. The smallest absolute Gasteiger partial charge is 0.252 e. The predicted molar refractivity (Wildman–Crippen MR) is 72.5 cm³/mol. The monoisotopic (exact) mass is 292 g/mol. The second-order valence-electron chi connectivity index (χ2n) is 3.90. The number of carbonyl (C=O) groups is 1. The molecule has 0 aliphatic rings. The van der Waals surface area contributed by atoms with Crippen molar-refractivity contribution in [1.29, 1.82) is 0 Å². The lowest BCUT2D eigenvalue weighted by Crippen LogP contribution is -2.33. The van der Waals surface area contributed by atoms with Gasteiger partial charge in [-0.15, -0.1) is 0 Å². The molecule has 3 nitrogen and oxygen atoms in total. The van der Waals surface area contributed by atoms with Crippen LogP contribution in [-0.4, -0.2) is 22.3 Å². The average Bonchev–Trinajstić information content (AvgIpc) is 2.37. The van der Waals surface area contributed by atoms with Crippen LogP contribution in [0.1, 0.15) is 17.3 Å². The second kappa shape index (κ2) is 5.27. The standard InChI is InChI=1S/C13H13BrN2O/c1-9(8-14)16-13(17)11-4-2-6-12-10(11)5-3-7-15-12/h2-7,9H,8H2,1H3,(H,16,17). The van der Waals surface area contributed by atoms with Crippen LogP contribution in [0.3, 0.4) is 0 Å². The van der Waals surface area contributed by atoms with Crippen LogP contribution in [-0.2, 0) is 0 Å². The van der Waals surface area contributed by atoms with Gasteiger partial charge in [0, 0.05) is 28.5 Å². The number of halogens is 1. The van der Waals surface area contributed by atoms with E-state index in [2.05, 4.69) is 26.2 Å². The van der Waals surface area contributed by atoms with Crippen molar-refractivity contribution < 1.29 is 4.79 Å². The maximum absolute atomic E-state index is 12.1. The number of fused-ring (bicyclic) bond motifs is 1. The fraction of sp³-hybridized carbons (Fsp3) is 0.231. The minimum Gasteiger partial charge on any atom is -0.349 e. The van der Waals surface area contributed by atoms with Gasteiger partial charge < -0.3 is 5.32 Å². The Morgan fingerprint density at radius 3 is 3.00 bits per heavy atom. The number of rotatable bonds is 3. The number of alkyl halides is 1. The first-order chi connectivity index (χ1) is 8.22. The van der Waals surface area contributed by atoms with Crippen molar-refractivity contribution in [3.63, 3.8) is 0 Å². The lowest BCUT2D eigenvalue weighted by Gasteiger charge is -2.11. The highest BCUT2D eigenvalue weighted by Crippen LogP contribution is 2.16. The molecule has 0 radical (unpaired) electrons. The molecule has 1 aromatic heterocycles. The van der Waals surface area contributed by atoms with E-state index in [0.717, 1.165) is 16.2 Å². The van der Waals surface area contributed by atoms with E-state index in [4.69, 9.17) is 0 Å². The molecule has 0 spiro atoms. The van der Waals surface area contributed by atoms with Gasteiger partial charge in [-0.3, -0.25) is 9.78 Å². The topological polar surface area (TPSA) is 42.0 Å². The maximum Gasteiger partial charge on any atom is 0.252 e. The van der Waals surface area contributed by atoms with Crippen molar-refractivity contribution >= 4 is 32.7 Å². The second-order valence-corrected chi connectivity index (χ2v) is 4.55. The van der Waals surface area contributed by atoms with Crippen molar-refractivity contribution in [3.8, 4) is 0 Å². The fourth-order valence-electron chi connectivity index (χ4n) is 1.64. The summed E-state index contributed by atoms with van der Waals surface area (Å²) in [5, 5.41) is 4.55. The third-order valence-electron chi connectivity index (χ3n) is 2.50. The molecular formula is C13H13BrN2O. The van der Waals surface area contributed by atoms with Crippen LogP contribution in [0.4, 0.5) is 0 Å². The van der Waals surface area contributed by atoms with Gasteiger partial charge in [0.1, 0.15) is 0 Å². The van der Waals surface area contributed by atoms with Crippen molar-refractivity contribution in [2.45, 2.75) is 13.0 Å². The Hall–Kier alpha value is -1.42. The van der Waals surface area contributed by atoms with Crippen molar-refractivity contribution in [2.75, 3.05) is 5.33 Å². The van der Waals surface area contributed by atoms with Crippen LogP contribution in [0.2, 0.25) is 0 Å². The number of hydrogen-bond donors (Lipinski definition) is 1. The van der Waals surface area contributed by atoms with Crippen molar-refractivity contribution in [2.24, 2.45) is 0 Å². The molecule has 17 heavy (non-hydrogen) atoms. The molecule has 0 bridgehead atoms. The van der Waals surface area contributed by atoms with Crippen LogP contribution < -0.4 is 5.32 Å². The Bertz CT molecular complexity index is 536. The summed E-state index contributed by atoms with van der Waals surface area (Å²) in [6, 6.07) is 9.43. The zero-order valence-electron chi connectivity index (χ0n) is 9.48. The van der Waals surface area contributed by atoms with Gasteiger partial charge in [-0.1, -0.05) is 28.1 Å². The van der Waals surface area contributed by atoms with Gasteiger partial charge in [0.05, 0.1) is 5.52 Å². The number of pyridine rings is 1. The predicted octanol–water partition coefficient (Wildman–Crippen LogP) is 2.75. The number of hydrogen-bond acceptors (Lipinski definition) is 2. The molecule has 0 fully saturated rings. The van der Waals surface area contributed by atoms with Crippen LogP contribution in [0, 0.1) is 0 Å². The Morgan fingerprint density at radius 2 is 2.24 bits per heavy atom. The summed E-state index contributed by atoms with van der Waals surface area (Å²) in [6.45, 7) is 1.95. The van der Waals surface area contributed by atoms with Crippen LogP contribution >= 0.6 is 15.9 Å². The van der Waals surface area contributed by atoms with E-state index < -0.39 is 0 Å². The third-order valence-corrected chi connectivity index (χ3v) is 3.47. The quantitative estimate of drug-likeness (QED) is 0.884. The van der Waals surface area contributed by atoms with Crippen LogP contribution in [0.25, 0.3) is 10.9 Å². The van der Waals surface area contributed by atoms with Gasteiger partial charge in [0.2, 0.25) is 0 Å². The lowest BCUT2D eigenvalue weighted by atomic mass is 10.1. The summed E-state index contributed by atoms with van der Waals surface area (Å²) >= 11 is 3.34. The number of benzene rings is 1. The molecule has 1 aromatic carbocycles. The molecule has 4 heteroatoms. The van der Waals surface area contributed by atoms with E-state index in [9.17, 15) is 4.79 Å². The van der Waals surface area contributed by atoms with E-state index in [0.29, 0.717) is 5.56 Å². The Labute approximate surface area is 108 Å². The Kier molecular flexibility index (Phi) is 3.74. The maximum atomic E-state index is 12.1. The van der Waals surface area contributed by atoms with Crippen molar-refractivity contribution in [3.05, 3.63) is 42.1 Å².